The molecule has 0 amide bonds. The Bertz CT molecular complexity index is 1180. The smallest absolute Gasteiger partial charge is 0.235 e. The highest BCUT2D eigenvalue weighted by Gasteiger charge is 2.35. The van der Waals surface area contributed by atoms with Crippen LogP contribution in [0.1, 0.15) is 25.0 Å². The van der Waals surface area contributed by atoms with E-state index >= 15 is 0 Å². The van der Waals surface area contributed by atoms with Crippen LogP contribution in [0.15, 0.2) is 64.0 Å². The topological polar surface area (TPSA) is 103 Å². The first-order valence-corrected chi connectivity index (χ1v) is 12.2. The van der Waals surface area contributed by atoms with Gasteiger partial charge in [-0.2, -0.15) is 0 Å². The van der Waals surface area contributed by atoms with Crippen LogP contribution in [-0.2, 0) is 12.2 Å². The van der Waals surface area contributed by atoms with Gasteiger partial charge in [-0.3, -0.25) is 11.1 Å². The molecule has 2 aromatic carbocycles. The van der Waals surface area contributed by atoms with Crippen molar-refractivity contribution in [1.29, 1.82) is 0 Å². The molecule has 33 heavy (non-hydrogen) atoms. The number of aromatic nitrogens is 1. The van der Waals surface area contributed by atoms with Crippen LogP contribution in [0.4, 0.5) is 0 Å². The Hall–Kier alpha value is -3.01. The fourth-order valence-electron chi connectivity index (χ4n) is 4.29. The number of aliphatic imine (C=N–C) groups is 2. The van der Waals surface area contributed by atoms with E-state index in [1.807, 2.05) is 29.8 Å². The van der Waals surface area contributed by atoms with Crippen LogP contribution in [0.2, 0.25) is 0 Å². The van der Waals surface area contributed by atoms with Crippen LogP contribution in [0.5, 0.6) is 0 Å². The molecule has 0 bridgehead atoms. The monoisotopic (exact) mass is 462 g/mol. The minimum Gasteiger partial charge on any atom is -0.351 e. The Morgan fingerprint density at radius 1 is 1.12 bits per heavy atom. The van der Waals surface area contributed by atoms with Crippen molar-refractivity contribution in [2.24, 2.45) is 15.7 Å². The molecule has 9 heteroatoms. The van der Waals surface area contributed by atoms with Gasteiger partial charge < -0.3 is 15.5 Å². The van der Waals surface area contributed by atoms with Crippen molar-refractivity contribution in [3.05, 3.63) is 65.2 Å². The standard InChI is InChI=1S/C24H30N8S/c1-23(2,15-17-6-4-3-5-7-17)29-21-28-22(32-12-10-26-11-13-32)31-24(25,30-21)18-8-9-19-20(14-18)33-16-27-19/h3-9,14,16,26H,10-13,15,25H2,1-2H3,(H2,28,29,30,31). The average Bonchev–Trinajstić information content (AvgIpc) is 3.27. The van der Waals surface area contributed by atoms with E-state index < -0.39 is 5.79 Å². The van der Waals surface area contributed by atoms with Crippen LogP contribution in [0.3, 0.4) is 0 Å². The molecule has 1 unspecified atom stereocenters. The molecule has 1 fully saturated rings. The summed E-state index contributed by atoms with van der Waals surface area (Å²) < 4.78 is 1.07. The number of piperazine rings is 1. The lowest BCUT2D eigenvalue weighted by Crippen LogP contribution is -2.61. The highest BCUT2D eigenvalue weighted by atomic mass is 32.1. The molecule has 3 aromatic rings. The maximum absolute atomic E-state index is 6.89. The summed E-state index contributed by atoms with van der Waals surface area (Å²) in [6.45, 7) is 7.87. The first-order valence-electron chi connectivity index (χ1n) is 11.3. The van der Waals surface area contributed by atoms with Gasteiger partial charge in [-0.1, -0.05) is 36.4 Å². The molecule has 0 aliphatic carbocycles. The van der Waals surface area contributed by atoms with E-state index in [1.165, 1.54) is 5.56 Å². The first kappa shape index (κ1) is 21.8. The maximum atomic E-state index is 6.89. The molecular formula is C24H30N8S. The Balaban J connectivity index is 1.47. The summed E-state index contributed by atoms with van der Waals surface area (Å²) in [5.74, 6) is 0.150. The molecule has 5 N–H and O–H groups in total. The van der Waals surface area contributed by atoms with Crippen LogP contribution >= 0.6 is 11.3 Å². The zero-order valence-electron chi connectivity index (χ0n) is 19.0. The molecular weight excluding hydrogens is 432 g/mol. The Morgan fingerprint density at radius 3 is 2.70 bits per heavy atom. The van der Waals surface area contributed by atoms with Gasteiger partial charge in [-0.15, -0.1) is 11.3 Å². The Labute approximate surface area is 198 Å². The van der Waals surface area contributed by atoms with Gasteiger partial charge in [0.1, 0.15) is 0 Å². The predicted octanol–water partition coefficient (Wildman–Crippen LogP) is 2.20. The number of nitrogens with one attached hydrogen (secondary N) is 3. The number of rotatable bonds is 4. The minimum absolute atomic E-state index is 0.248. The highest BCUT2D eigenvalue weighted by molar-refractivity contribution is 7.16. The van der Waals surface area contributed by atoms with E-state index in [2.05, 4.69) is 63.9 Å². The van der Waals surface area contributed by atoms with Crippen LogP contribution in [0.25, 0.3) is 10.2 Å². The molecule has 3 heterocycles. The average molecular weight is 463 g/mol. The summed E-state index contributed by atoms with van der Waals surface area (Å²) in [6.07, 6.45) is 0.846. The van der Waals surface area contributed by atoms with E-state index in [4.69, 9.17) is 15.7 Å². The van der Waals surface area contributed by atoms with E-state index in [0.717, 1.165) is 54.3 Å². The maximum Gasteiger partial charge on any atom is 0.235 e. The van der Waals surface area contributed by atoms with Crippen molar-refractivity contribution in [3.8, 4) is 0 Å². The second-order valence-electron chi connectivity index (χ2n) is 9.19. The van der Waals surface area contributed by atoms with E-state index in [-0.39, 0.29) is 5.54 Å². The second-order valence-corrected chi connectivity index (χ2v) is 10.1. The molecule has 1 aromatic heterocycles. The molecule has 2 aliphatic rings. The van der Waals surface area contributed by atoms with Gasteiger partial charge >= 0.3 is 0 Å². The lowest BCUT2D eigenvalue weighted by molar-refractivity contribution is 0.336. The number of guanidine groups is 2. The minimum atomic E-state index is -1.23. The number of hydrogen-bond donors (Lipinski definition) is 4. The van der Waals surface area contributed by atoms with Crippen LogP contribution < -0.4 is 21.7 Å². The predicted molar refractivity (Wildman–Crippen MR) is 135 cm³/mol. The van der Waals surface area contributed by atoms with Crippen molar-refractivity contribution in [2.75, 3.05) is 26.2 Å². The molecule has 172 valence electrons. The summed E-state index contributed by atoms with van der Waals surface area (Å²) in [7, 11) is 0. The van der Waals surface area contributed by atoms with Gasteiger partial charge in [0.05, 0.1) is 15.7 Å². The quantitative estimate of drug-likeness (QED) is 0.474. The van der Waals surface area contributed by atoms with Crippen LogP contribution in [-0.4, -0.2) is 53.5 Å². The number of fused-ring (bicyclic) bond motifs is 1. The molecule has 2 aliphatic heterocycles. The van der Waals surface area contributed by atoms with Crippen LogP contribution in [0, 0.1) is 0 Å². The van der Waals surface area contributed by atoms with E-state index in [1.54, 1.807) is 11.3 Å². The third-order valence-corrected chi connectivity index (χ3v) is 6.70. The molecule has 1 saturated heterocycles. The molecule has 8 nitrogen and oxygen atoms in total. The third kappa shape index (κ3) is 4.85. The van der Waals surface area contributed by atoms with Crippen molar-refractivity contribution >= 4 is 33.5 Å². The zero-order valence-corrected chi connectivity index (χ0v) is 19.8. The van der Waals surface area contributed by atoms with Gasteiger partial charge in [0.25, 0.3) is 0 Å². The van der Waals surface area contributed by atoms with Gasteiger partial charge in [0.2, 0.25) is 17.7 Å². The summed E-state index contributed by atoms with van der Waals surface area (Å²) in [6, 6.07) is 16.5. The lowest BCUT2D eigenvalue weighted by atomic mass is 9.95. The van der Waals surface area contributed by atoms with E-state index in [9.17, 15) is 0 Å². The summed E-state index contributed by atoms with van der Waals surface area (Å²) in [4.78, 5) is 16.4. The van der Waals surface area contributed by atoms with Gasteiger partial charge in [0, 0.05) is 37.3 Å². The SMILES string of the molecule is CC(C)(Cc1ccccc1)NC1=NC(N)(c2ccc3ncsc3c2)N=C(N2CCNCC2)N1. The number of thiazole rings is 1. The molecule has 0 spiro atoms. The third-order valence-electron chi connectivity index (χ3n) is 5.91. The summed E-state index contributed by atoms with van der Waals surface area (Å²) >= 11 is 1.59. The number of nitrogens with two attached hydrogens (primary N) is 1. The fraction of sp³-hybridized carbons (Fsp3) is 0.375. The lowest BCUT2D eigenvalue weighted by Gasteiger charge is -2.38. The molecule has 0 radical (unpaired) electrons. The molecule has 1 atom stereocenters. The number of hydrogen-bond acceptors (Lipinski definition) is 9. The molecule has 5 rings (SSSR count). The number of nitrogens with zero attached hydrogens (tertiary/aromatic N) is 4. The normalized spacial score (nSPS) is 21.4. The van der Waals surface area contributed by atoms with Gasteiger partial charge in [-0.25, -0.2) is 15.0 Å². The van der Waals surface area contributed by atoms with Crippen molar-refractivity contribution < 1.29 is 0 Å². The number of benzene rings is 2. The van der Waals surface area contributed by atoms with Gasteiger partial charge in [-0.05, 0) is 38.0 Å². The first-order chi connectivity index (χ1) is 15.9. The summed E-state index contributed by atoms with van der Waals surface area (Å²) in [5.41, 5.74) is 11.5. The summed E-state index contributed by atoms with van der Waals surface area (Å²) in [5, 5.41) is 10.4. The van der Waals surface area contributed by atoms with Gasteiger partial charge in [0.15, 0.2) is 0 Å². The Morgan fingerprint density at radius 2 is 1.91 bits per heavy atom. The highest BCUT2D eigenvalue weighted by Crippen LogP contribution is 2.29. The Kier molecular flexibility index (Phi) is 5.77. The largest absolute Gasteiger partial charge is 0.351 e. The zero-order chi connectivity index (χ0) is 22.9. The fourth-order valence-corrected chi connectivity index (χ4v) is 5.00. The van der Waals surface area contributed by atoms with Crippen molar-refractivity contribution in [1.82, 2.24) is 25.8 Å². The van der Waals surface area contributed by atoms with Crippen molar-refractivity contribution in [3.63, 3.8) is 0 Å². The van der Waals surface area contributed by atoms with E-state index in [0.29, 0.717) is 5.96 Å². The van der Waals surface area contributed by atoms with Crippen molar-refractivity contribution in [2.45, 2.75) is 31.6 Å². The molecule has 0 saturated carbocycles. The second kappa shape index (κ2) is 8.74.